The molecule has 1 fully saturated rings. The van der Waals surface area contributed by atoms with E-state index in [0.29, 0.717) is 11.6 Å². The van der Waals surface area contributed by atoms with E-state index in [-0.39, 0.29) is 29.4 Å². The van der Waals surface area contributed by atoms with Crippen LogP contribution in [0.4, 0.5) is 20.4 Å². The largest absolute Gasteiger partial charge is 0.469 e. The smallest absolute Gasteiger partial charge is 0.308 e. The van der Waals surface area contributed by atoms with Gasteiger partial charge in [-0.3, -0.25) is 4.79 Å². The van der Waals surface area contributed by atoms with Crippen LogP contribution in [0.3, 0.4) is 0 Å². The zero-order valence-corrected chi connectivity index (χ0v) is 20.0. The summed E-state index contributed by atoms with van der Waals surface area (Å²) >= 11 is 0. The van der Waals surface area contributed by atoms with Gasteiger partial charge in [0.05, 0.1) is 13.0 Å². The standard InChI is InChI=1S/C26H29F2N5O2/c1-15-10-19(12-21(11-15)32-26-29-9-8-22(33-26)23(27)28)20-13-30-24(31-14-20)16(2)17-4-6-18(7-5-17)25(34)35-3/h8-14,16-18,23H,4-7H2,1-3H3,(H,29,32,33)/t16?,17-,18-. The van der Waals surface area contributed by atoms with Crippen LogP contribution in [0.15, 0.2) is 42.9 Å². The fourth-order valence-corrected chi connectivity index (χ4v) is 4.66. The number of halogens is 2. The molecular formula is C26H29F2N5O2. The van der Waals surface area contributed by atoms with Gasteiger partial charge in [0, 0.05) is 35.8 Å². The number of carbonyl (C=O) groups is 1. The number of hydrogen-bond acceptors (Lipinski definition) is 7. The molecule has 1 saturated carbocycles. The number of methoxy groups -OCH3 is 1. The molecule has 1 atom stereocenters. The molecule has 0 amide bonds. The number of esters is 1. The number of carbonyl (C=O) groups excluding carboxylic acids is 1. The van der Waals surface area contributed by atoms with Crippen LogP contribution in [0.1, 0.15) is 62.0 Å². The van der Waals surface area contributed by atoms with Crippen molar-refractivity contribution in [1.29, 1.82) is 0 Å². The molecule has 1 unspecified atom stereocenters. The Morgan fingerprint density at radius 1 is 1.06 bits per heavy atom. The Morgan fingerprint density at radius 3 is 2.43 bits per heavy atom. The van der Waals surface area contributed by atoms with Crippen LogP contribution in [-0.2, 0) is 9.53 Å². The first kappa shape index (κ1) is 24.6. The normalized spacial score (nSPS) is 18.8. The summed E-state index contributed by atoms with van der Waals surface area (Å²) in [6.45, 7) is 4.09. The Balaban J connectivity index is 1.46. The van der Waals surface area contributed by atoms with Gasteiger partial charge >= 0.3 is 5.97 Å². The van der Waals surface area contributed by atoms with Gasteiger partial charge in [-0.05, 0) is 67.9 Å². The number of anilines is 2. The first-order chi connectivity index (χ1) is 16.8. The number of ether oxygens (including phenoxy) is 1. The Labute approximate surface area is 203 Å². The van der Waals surface area contributed by atoms with Gasteiger partial charge in [0.25, 0.3) is 6.43 Å². The zero-order valence-electron chi connectivity index (χ0n) is 20.0. The topological polar surface area (TPSA) is 89.9 Å². The third-order valence-electron chi connectivity index (χ3n) is 6.66. The van der Waals surface area contributed by atoms with E-state index in [9.17, 15) is 13.6 Å². The second-order valence-corrected chi connectivity index (χ2v) is 9.07. The van der Waals surface area contributed by atoms with Crippen molar-refractivity contribution < 1.29 is 18.3 Å². The minimum absolute atomic E-state index is 0.000817. The highest BCUT2D eigenvalue weighted by atomic mass is 19.3. The molecule has 9 heteroatoms. The Bertz CT molecular complexity index is 1160. The maximum Gasteiger partial charge on any atom is 0.308 e. The van der Waals surface area contributed by atoms with E-state index in [1.54, 1.807) is 0 Å². The molecule has 3 aromatic rings. The molecule has 184 valence electrons. The van der Waals surface area contributed by atoms with E-state index in [1.807, 2.05) is 37.5 Å². The third-order valence-corrected chi connectivity index (χ3v) is 6.66. The highest BCUT2D eigenvalue weighted by Gasteiger charge is 2.31. The molecule has 2 heterocycles. The summed E-state index contributed by atoms with van der Waals surface area (Å²) < 4.78 is 30.8. The van der Waals surface area contributed by atoms with Crippen molar-refractivity contribution >= 4 is 17.6 Å². The van der Waals surface area contributed by atoms with Crippen molar-refractivity contribution in [2.75, 3.05) is 12.4 Å². The Morgan fingerprint density at radius 2 is 1.77 bits per heavy atom. The molecular weight excluding hydrogens is 452 g/mol. The second-order valence-electron chi connectivity index (χ2n) is 9.07. The van der Waals surface area contributed by atoms with Gasteiger partial charge in [0.15, 0.2) is 0 Å². The number of alkyl halides is 2. The first-order valence-electron chi connectivity index (χ1n) is 11.7. The molecule has 4 rings (SSSR count). The van der Waals surface area contributed by atoms with Gasteiger partial charge in [0.1, 0.15) is 11.5 Å². The molecule has 0 spiro atoms. The van der Waals surface area contributed by atoms with Crippen LogP contribution in [0, 0.1) is 18.8 Å². The first-order valence-corrected chi connectivity index (χ1v) is 11.7. The third kappa shape index (κ3) is 5.96. The predicted molar refractivity (Wildman–Crippen MR) is 128 cm³/mol. The number of nitrogens with one attached hydrogen (secondary N) is 1. The van der Waals surface area contributed by atoms with E-state index in [0.717, 1.165) is 48.2 Å². The fourth-order valence-electron chi connectivity index (χ4n) is 4.66. The molecule has 0 bridgehead atoms. The molecule has 1 aliphatic carbocycles. The highest BCUT2D eigenvalue weighted by Crippen LogP contribution is 2.37. The molecule has 2 aromatic heterocycles. The van der Waals surface area contributed by atoms with Crippen molar-refractivity contribution in [1.82, 2.24) is 19.9 Å². The second kappa shape index (κ2) is 10.8. The van der Waals surface area contributed by atoms with Crippen LogP contribution >= 0.6 is 0 Å². The number of aryl methyl sites for hydroxylation is 1. The quantitative estimate of drug-likeness (QED) is 0.414. The van der Waals surface area contributed by atoms with Crippen molar-refractivity contribution in [2.24, 2.45) is 11.8 Å². The summed E-state index contributed by atoms with van der Waals surface area (Å²) in [4.78, 5) is 29.0. The molecule has 1 aliphatic rings. The molecule has 0 radical (unpaired) electrons. The van der Waals surface area contributed by atoms with Crippen molar-refractivity contribution in [2.45, 2.75) is 51.9 Å². The average Bonchev–Trinajstić information content (AvgIpc) is 2.88. The molecule has 1 aromatic carbocycles. The Kier molecular flexibility index (Phi) is 7.63. The zero-order chi connectivity index (χ0) is 24.9. The minimum atomic E-state index is -2.66. The van der Waals surface area contributed by atoms with Crippen LogP contribution in [0.5, 0.6) is 0 Å². The van der Waals surface area contributed by atoms with Crippen molar-refractivity contribution in [3.63, 3.8) is 0 Å². The molecule has 7 nitrogen and oxygen atoms in total. The monoisotopic (exact) mass is 481 g/mol. The summed E-state index contributed by atoms with van der Waals surface area (Å²) in [5.74, 6) is 1.41. The maximum atomic E-state index is 13.0. The number of nitrogens with zero attached hydrogens (tertiary/aromatic N) is 4. The summed E-state index contributed by atoms with van der Waals surface area (Å²) in [6.07, 6.45) is 5.85. The lowest BCUT2D eigenvalue weighted by atomic mass is 9.76. The van der Waals surface area contributed by atoms with Crippen LogP contribution in [0.25, 0.3) is 11.1 Å². The fraction of sp³-hybridized carbons (Fsp3) is 0.423. The highest BCUT2D eigenvalue weighted by molar-refractivity contribution is 5.72. The lowest BCUT2D eigenvalue weighted by Gasteiger charge is -2.30. The SMILES string of the molecule is COC(=O)[C@H]1CC[C@H](C(C)c2ncc(-c3cc(C)cc(Nc4nccc(C(F)F)n4)c3)cn2)CC1. The summed E-state index contributed by atoms with van der Waals surface area (Å²) in [5.41, 5.74) is 3.09. The number of benzene rings is 1. The molecule has 35 heavy (non-hydrogen) atoms. The van der Waals surface area contributed by atoms with Crippen LogP contribution < -0.4 is 5.32 Å². The lowest BCUT2D eigenvalue weighted by Crippen LogP contribution is -2.25. The van der Waals surface area contributed by atoms with Gasteiger partial charge < -0.3 is 10.1 Å². The number of hydrogen-bond donors (Lipinski definition) is 1. The van der Waals surface area contributed by atoms with E-state index in [2.05, 4.69) is 32.2 Å². The average molecular weight is 482 g/mol. The van der Waals surface area contributed by atoms with E-state index >= 15 is 0 Å². The molecule has 0 aliphatic heterocycles. The van der Waals surface area contributed by atoms with E-state index in [4.69, 9.17) is 4.74 Å². The summed E-state index contributed by atoms with van der Waals surface area (Å²) in [6, 6.07) is 6.99. The predicted octanol–water partition coefficient (Wildman–Crippen LogP) is 6.01. The van der Waals surface area contributed by atoms with Gasteiger partial charge in [-0.25, -0.2) is 28.7 Å². The minimum Gasteiger partial charge on any atom is -0.469 e. The summed E-state index contributed by atoms with van der Waals surface area (Å²) in [7, 11) is 1.44. The van der Waals surface area contributed by atoms with Crippen LogP contribution in [0.2, 0.25) is 0 Å². The number of aromatic nitrogens is 4. The lowest BCUT2D eigenvalue weighted by molar-refractivity contribution is -0.146. The van der Waals surface area contributed by atoms with Crippen LogP contribution in [-0.4, -0.2) is 33.0 Å². The van der Waals surface area contributed by atoms with E-state index in [1.165, 1.54) is 19.4 Å². The Hall–Kier alpha value is -3.49. The van der Waals surface area contributed by atoms with Gasteiger partial charge in [-0.1, -0.05) is 13.0 Å². The summed E-state index contributed by atoms with van der Waals surface area (Å²) in [5, 5.41) is 3.01. The van der Waals surface area contributed by atoms with Gasteiger partial charge in [-0.15, -0.1) is 0 Å². The molecule has 0 saturated heterocycles. The van der Waals surface area contributed by atoms with Gasteiger partial charge in [0.2, 0.25) is 5.95 Å². The number of rotatable bonds is 7. The van der Waals surface area contributed by atoms with Crippen molar-refractivity contribution in [3.8, 4) is 11.1 Å². The maximum absolute atomic E-state index is 13.0. The van der Waals surface area contributed by atoms with Crippen molar-refractivity contribution in [3.05, 3.63) is 59.9 Å². The van der Waals surface area contributed by atoms with Gasteiger partial charge in [-0.2, -0.15) is 0 Å². The van der Waals surface area contributed by atoms with E-state index < -0.39 is 6.43 Å². The molecule has 1 N–H and O–H groups in total.